The lowest BCUT2D eigenvalue weighted by Crippen LogP contribution is -2.32. The van der Waals surface area contributed by atoms with Gasteiger partial charge in [0, 0.05) is 19.8 Å². The van der Waals surface area contributed by atoms with E-state index in [2.05, 4.69) is 27.7 Å². The minimum Gasteiger partial charge on any atom is -0.381 e. The molecule has 3 heteroatoms. The van der Waals surface area contributed by atoms with Gasteiger partial charge in [0.05, 0.1) is 6.61 Å². The molecule has 2 rings (SSSR count). The summed E-state index contributed by atoms with van der Waals surface area (Å²) in [4.78, 5) is 0. The molecule has 2 fully saturated rings. The van der Waals surface area contributed by atoms with Crippen LogP contribution in [0, 0.1) is 23.7 Å². The molecule has 0 amide bonds. The molecule has 0 aromatic heterocycles. The first kappa shape index (κ1) is 19.9. The van der Waals surface area contributed by atoms with Crippen molar-refractivity contribution in [2.75, 3.05) is 26.4 Å². The van der Waals surface area contributed by atoms with E-state index >= 15 is 0 Å². The molecule has 2 atom stereocenters. The summed E-state index contributed by atoms with van der Waals surface area (Å²) in [6.45, 7) is 11.8. The predicted octanol–water partition coefficient (Wildman–Crippen LogP) is 4.72. The Hall–Kier alpha value is -0.150. The number of alkyl halides is 1. The van der Waals surface area contributed by atoms with Crippen molar-refractivity contribution < 1.29 is 13.9 Å². The third-order valence-electron chi connectivity index (χ3n) is 4.40. The van der Waals surface area contributed by atoms with Crippen LogP contribution < -0.4 is 0 Å². The van der Waals surface area contributed by atoms with Crippen LogP contribution in [0.5, 0.6) is 0 Å². The zero-order chi connectivity index (χ0) is 14.3. The molecule has 2 aliphatic rings. The molecule has 2 aliphatic heterocycles. The number of halogens is 1. The molecule has 2 saturated heterocycles. The average molecular weight is 290 g/mol. The van der Waals surface area contributed by atoms with Crippen molar-refractivity contribution in [1.82, 2.24) is 0 Å². The van der Waals surface area contributed by atoms with Crippen LogP contribution >= 0.6 is 0 Å². The molecule has 0 N–H and O–H groups in total. The van der Waals surface area contributed by atoms with Gasteiger partial charge in [-0.3, -0.25) is 0 Å². The summed E-state index contributed by atoms with van der Waals surface area (Å²) in [5.74, 6) is 2.47. The lowest BCUT2D eigenvalue weighted by Gasteiger charge is -2.28. The summed E-state index contributed by atoms with van der Waals surface area (Å²) in [6.07, 6.45) is 2.71. The Balaban J connectivity index is 0.000000345. The molecule has 0 bridgehead atoms. The van der Waals surface area contributed by atoms with E-state index in [0.29, 0.717) is 12.5 Å². The van der Waals surface area contributed by atoms with Crippen LogP contribution in [0.3, 0.4) is 0 Å². The largest absolute Gasteiger partial charge is 0.381 e. The summed E-state index contributed by atoms with van der Waals surface area (Å²) in [7, 11) is 0. The van der Waals surface area contributed by atoms with Crippen molar-refractivity contribution in [3.63, 3.8) is 0 Å². The molecule has 0 saturated carbocycles. The highest BCUT2D eigenvalue weighted by atomic mass is 19.1. The van der Waals surface area contributed by atoms with Crippen LogP contribution in [-0.4, -0.2) is 32.6 Å². The van der Waals surface area contributed by atoms with Crippen LogP contribution in [0.4, 0.5) is 4.39 Å². The molecule has 0 aliphatic carbocycles. The van der Waals surface area contributed by atoms with Crippen LogP contribution in [0.1, 0.15) is 54.4 Å². The second-order valence-electron chi connectivity index (χ2n) is 6.48. The Bertz CT molecular complexity index is 225. The van der Waals surface area contributed by atoms with E-state index in [-0.39, 0.29) is 13.3 Å². The zero-order valence-corrected chi connectivity index (χ0v) is 13.0. The summed E-state index contributed by atoms with van der Waals surface area (Å²) >= 11 is 0. The third-order valence-corrected chi connectivity index (χ3v) is 4.40. The van der Waals surface area contributed by atoms with Gasteiger partial charge in [-0.25, -0.2) is 4.39 Å². The summed E-state index contributed by atoms with van der Waals surface area (Å²) in [5, 5.41) is 0. The monoisotopic (exact) mass is 290 g/mol. The fourth-order valence-electron chi connectivity index (χ4n) is 2.85. The lowest BCUT2D eigenvalue weighted by molar-refractivity contribution is -0.0161. The van der Waals surface area contributed by atoms with Crippen molar-refractivity contribution >= 4 is 0 Å². The molecule has 2 heterocycles. The number of hydrogen-bond acceptors (Lipinski definition) is 2. The number of rotatable bonds is 2. The van der Waals surface area contributed by atoms with Gasteiger partial charge in [0.1, 0.15) is 6.17 Å². The molecule has 2 unspecified atom stereocenters. The van der Waals surface area contributed by atoms with Crippen molar-refractivity contribution in [1.29, 1.82) is 0 Å². The maximum atomic E-state index is 13.0. The van der Waals surface area contributed by atoms with Crippen LogP contribution in [0.2, 0.25) is 0 Å². The van der Waals surface area contributed by atoms with Crippen LogP contribution in [0.25, 0.3) is 0 Å². The van der Waals surface area contributed by atoms with E-state index in [1.54, 1.807) is 0 Å². The Labute approximate surface area is 125 Å². The van der Waals surface area contributed by atoms with E-state index in [9.17, 15) is 4.39 Å². The van der Waals surface area contributed by atoms with Gasteiger partial charge >= 0.3 is 0 Å². The predicted molar refractivity (Wildman–Crippen MR) is 83.8 cm³/mol. The standard InChI is InChI=1S/C8H15FO.C8H16O.CH4/c1-6(2)7-3-4-10-5-8(7)9;1-7(2)8-3-5-9-6-4-8;/h6-8H,3-5H2,1-2H3;7-8H,3-6H2,1-2H3;1H4. The van der Waals surface area contributed by atoms with E-state index in [0.717, 1.165) is 38.1 Å². The molecule has 0 aromatic rings. The second-order valence-corrected chi connectivity index (χ2v) is 6.48. The van der Waals surface area contributed by atoms with Gasteiger partial charge in [0.25, 0.3) is 0 Å². The molecule has 0 radical (unpaired) electrons. The summed E-state index contributed by atoms with van der Waals surface area (Å²) in [6, 6.07) is 0. The van der Waals surface area contributed by atoms with Crippen molar-refractivity contribution in [3.05, 3.63) is 0 Å². The van der Waals surface area contributed by atoms with Gasteiger partial charge in [0.2, 0.25) is 0 Å². The van der Waals surface area contributed by atoms with Gasteiger partial charge in [-0.2, -0.15) is 0 Å². The van der Waals surface area contributed by atoms with E-state index in [4.69, 9.17) is 9.47 Å². The first-order chi connectivity index (χ1) is 9.02. The molecular formula is C17H35FO2. The van der Waals surface area contributed by atoms with Gasteiger partial charge in [0.15, 0.2) is 0 Å². The fourth-order valence-corrected chi connectivity index (χ4v) is 2.85. The normalized spacial score (nSPS) is 27.8. The maximum Gasteiger partial charge on any atom is 0.126 e. The van der Waals surface area contributed by atoms with Gasteiger partial charge < -0.3 is 9.47 Å². The third kappa shape index (κ3) is 7.03. The smallest absolute Gasteiger partial charge is 0.126 e. The van der Waals surface area contributed by atoms with Crippen LogP contribution in [0.15, 0.2) is 0 Å². The lowest BCUT2D eigenvalue weighted by atomic mass is 9.87. The SMILES string of the molecule is C.CC(C)C1CCOCC1.CC(C)C1CCOCC1F. The summed E-state index contributed by atoms with van der Waals surface area (Å²) in [5.41, 5.74) is 0. The highest BCUT2D eigenvalue weighted by Gasteiger charge is 2.27. The second kappa shape index (κ2) is 10.6. The van der Waals surface area contributed by atoms with Crippen molar-refractivity contribution in [2.45, 2.75) is 60.6 Å². The highest BCUT2D eigenvalue weighted by Crippen LogP contribution is 2.25. The van der Waals surface area contributed by atoms with Crippen molar-refractivity contribution in [2.24, 2.45) is 23.7 Å². The highest BCUT2D eigenvalue weighted by molar-refractivity contribution is 4.75. The van der Waals surface area contributed by atoms with Gasteiger partial charge in [-0.05, 0) is 42.9 Å². The first-order valence-electron chi connectivity index (χ1n) is 7.82. The first-order valence-corrected chi connectivity index (χ1v) is 7.82. The quantitative estimate of drug-likeness (QED) is 0.732. The summed E-state index contributed by atoms with van der Waals surface area (Å²) < 4.78 is 23.2. The number of ether oxygens (including phenoxy) is 2. The molecule has 122 valence electrons. The van der Waals surface area contributed by atoms with Gasteiger partial charge in [-0.1, -0.05) is 35.1 Å². The van der Waals surface area contributed by atoms with E-state index in [1.165, 1.54) is 12.8 Å². The molecule has 2 nitrogen and oxygen atoms in total. The number of hydrogen-bond donors (Lipinski definition) is 0. The molecular weight excluding hydrogens is 255 g/mol. The molecule has 0 spiro atoms. The van der Waals surface area contributed by atoms with Crippen molar-refractivity contribution in [3.8, 4) is 0 Å². The van der Waals surface area contributed by atoms with Gasteiger partial charge in [-0.15, -0.1) is 0 Å². The Morgan fingerprint density at radius 2 is 1.40 bits per heavy atom. The minimum atomic E-state index is -0.728. The zero-order valence-electron chi connectivity index (χ0n) is 13.0. The van der Waals surface area contributed by atoms with E-state index < -0.39 is 6.17 Å². The Kier molecular flexibility index (Phi) is 10.5. The average Bonchev–Trinajstić information content (AvgIpc) is 2.40. The van der Waals surface area contributed by atoms with E-state index in [1.807, 2.05) is 0 Å². The Morgan fingerprint density at radius 1 is 0.850 bits per heavy atom. The van der Waals surface area contributed by atoms with Crippen LogP contribution in [-0.2, 0) is 9.47 Å². The fraction of sp³-hybridized carbons (Fsp3) is 1.00. The minimum absolute atomic E-state index is 0. The molecule has 0 aromatic carbocycles. The molecule has 20 heavy (non-hydrogen) atoms. The Morgan fingerprint density at radius 3 is 1.75 bits per heavy atom. The maximum absolute atomic E-state index is 13.0. The topological polar surface area (TPSA) is 18.5 Å².